The van der Waals surface area contributed by atoms with Crippen LogP contribution in [0.1, 0.15) is 6.42 Å². The van der Waals surface area contributed by atoms with Gasteiger partial charge in [-0.1, -0.05) is 28.1 Å². The normalized spacial score (nSPS) is 50.9. The lowest BCUT2D eigenvalue weighted by Gasteiger charge is -2.01. The van der Waals surface area contributed by atoms with E-state index in [1.165, 1.54) is 0 Å². The van der Waals surface area contributed by atoms with Crippen molar-refractivity contribution in [3.8, 4) is 0 Å². The minimum atomic E-state index is 0.487. The van der Waals surface area contributed by atoms with Crippen LogP contribution in [0.15, 0.2) is 12.2 Å². The van der Waals surface area contributed by atoms with E-state index in [2.05, 4.69) is 28.1 Å². The number of rotatable bonds is 0. The molecule has 1 heterocycles. The molecule has 1 saturated heterocycles. The number of hydrogen-bond acceptors (Lipinski definition) is 1. The fourth-order valence-corrected chi connectivity index (χ4v) is 1.76. The van der Waals surface area contributed by atoms with Gasteiger partial charge >= 0.3 is 0 Å². The third kappa shape index (κ3) is 0.633. The van der Waals surface area contributed by atoms with Gasteiger partial charge in [0.2, 0.25) is 0 Å². The molecule has 3 atom stereocenters. The van der Waals surface area contributed by atoms with Crippen molar-refractivity contribution in [2.75, 3.05) is 0 Å². The molecule has 2 heteroatoms. The van der Waals surface area contributed by atoms with E-state index < -0.39 is 0 Å². The summed E-state index contributed by atoms with van der Waals surface area (Å²) in [5.74, 6) is 0. The van der Waals surface area contributed by atoms with Crippen LogP contribution in [0.2, 0.25) is 0 Å². The van der Waals surface area contributed by atoms with Crippen LogP contribution < -0.4 is 0 Å². The average Bonchev–Trinajstić information content (AvgIpc) is 2.45. The summed E-state index contributed by atoms with van der Waals surface area (Å²) in [4.78, 5) is 0.487. The molecule has 0 radical (unpaired) electrons. The molecule has 2 aliphatic rings. The van der Waals surface area contributed by atoms with Gasteiger partial charge in [-0.05, 0) is 6.42 Å². The van der Waals surface area contributed by atoms with E-state index in [1.807, 2.05) is 0 Å². The number of fused-ring (bicyclic) bond motifs is 1. The fraction of sp³-hybridized carbons (Fsp3) is 0.667. The predicted molar refractivity (Wildman–Crippen MR) is 35.1 cm³/mol. The van der Waals surface area contributed by atoms with Crippen LogP contribution in [0.3, 0.4) is 0 Å². The zero-order valence-corrected chi connectivity index (χ0v) is 5.97. The molecular weight excluding hydrogens is 168 g/mol. The van der Waals surface area contributed by atoms with Gasteiger partial charge in [-0.15, -0.1) is 0 Å². The first kappa shape index (κ1) is 5.00. The van der Waals surface area contributed by atoms with Gasteiger partial charge in [0.05, 0.1) is 10.9 Å². The maximum atomic E-state index is 5.28. The zero-order chi connectivity index (χ0) is 5.56. The van der Waals surface area contributed by atoms with E-state index in [4.69, 9.17) is 4.74 Å². The summed E-state index contributed by atoms with van der Waals surface area (Å²) in [5.41, 5.74) is 0. The molecule has 1 aliphatic carbocycles. The van der Waals surface area contributed by atoms with Crippen molar-refractivity contribution in [1.82, 2.24) is 0 Å². The van der Waals surface area contributed by atoms with Gasteiger partial charge in [0.15, 0.2) is 0 Å². The number of halogens is 1. The number of epoxide rings is 1. The first-order chi connectivity index (χ1) is 3.88. The van der Waals surface area contributed by atoms with Gasteiger partial charge in [0.1, 0.15) is 6.10 Å². The van der Waals surface area contributed by atoms with Gasteiger partial charge in [-0.3, -0.25) is 0 Å². The van der Waals surface area contributed by atoms with Gasteiger partial charge in [-0.25, -0.2) is 0 Å². The quantitative estimate of drug-likeness (QED) is 0.308. The molecular formula is C6H7BrO. The average molecular weight is 175 g/mol. The smallest absolute Gasteiger partial charge is 0.100 e. The molecule has 1 fully saturated rings. The lowest BCUT2D eigenvalue weighted by Crippen LogP contribution is -2.09. The fourth-order valence-electron chi connectivity index (χ4n) is 1.08. The predicted octanol–water partition coefficient (Wildman–Crippen LogP) is 1.48. The Morgan fingerprint density at radius 3 is 3.12 bits per heavy atom. The summed E-state index contributed by atoms with van der Waals surface area (Å²) in [7, 11) is 0. The molecule has 0 N–H and O–H groups in total. The molecule has 44 valence electrons. The summed E-state index contributed by atoms with van der Waals surface area (Å²) < 4.78 is 5.28. The van der Waals surface area contributed by atoms with Crippen LogP contribution in [-0.2, 0) is 4.74 Å². The second-order valence-corrected chi connectivity index (χ2v) is 3.30. The molecule has 3 unspecified atom stereocenters. The number of hydrogen-bond donors (Lipinski definition) is 0. The third-order valence-electron chi connectivity index (χ3n) is 1.62. The Kier molecular flexibility index (Phi) is 0.987. The summed E-state index contributed by atoms with van der Waals surface area (Å²) in [6.45, 7) is 0. The topological polar surface area (TPSA) is 12.5 Å². The Morgan fingerprint density at radius 1 is 1.62 bits per heavy atom. The van der Waals surface area contributed by atoms with Crippen molar-refractivity contribution in [3.63, 3.8) is 0 Å². The van der Waals surface area contributed by atoms with Crippen LogP contribution in [0, 0.1) is 0 Å². The molecule has 1 nitrogen and oxygen atoms in total. The second-order valence-electron chi connectivity index (χ2n) is 2.25. The van der Waals surface area contributed by atoms with Crippen LogP contribution in [0.4, 0.5) is 0 Å². The monoisotopic (exact) mass is 174 g/mol. The van der Waals surface area contributed by atoms with Crippen molar-refractivity contribution in [3.05, 3.63) is 12.2 Å². The van der Waals surface area contributed by atoms with Crippen LogP contribution in [0.5, 0.6) is 0 Å². The number of alkyl halides is 1. The molecule has 1 aliphatic heterocycles. The molecule has 0 spiro atoms. The minimum Gasteiger partial charge on any atom is -0.368 e. The van der Waals surface area contributed by atoms with E-state index in [1.54, 1.807) is 0 Å². The first-order valence-corrected chi connectivity index (χ1v) is 3.76. The van der Waals surface area contributed by atoms with E-state index in [0.717, 1.165) is 6.42 Å². The first-order valence-electron chi connectivity index (χ1n) is 2.84. The Bertz CT molecular complexity index is 132. The molecule has 0 saturated carbocycles. The van der Waals surface area contributed by atoms with E-state index >= 15 is 0 Å². The van der Waals surface area contributed by atoms with Crippen molar-refractivity contribution in [2.24, 2.45) is 0 Å². The maximum absolute atomic E-state index is 5.28. The van der Waals surface area contributed by atoms with Crippen molar-refractivity contribution in [2.45, 2.75) is 23.5 Å². The maximum Gasteiger partial charge on any atom is 0.100 e. The lowest BCUT2D eigenvalue weighted by atomic mass is 10.1. The molecule has 0 amide bonds. The SMILES string of the molecule is BrC1C=CCC2OC12. The van der Waals surface area contributed by atoms with Crippen molar-refractivity contribution >= 4 is 15.9 Å². The Hall–Kier alpha value is 0.180. The van der Waals surface area contributed by atoms with Crippen LogP contribution >= 0.6 is 15.9 Å². The molecule has 0 aromatic carbocycles. The van der Waals surface area contributed by atoms with E-state index in [-0.39, 0.29) is 0 Å². The highest BCUT2D eigenvalue weighted by Gasteiger charge is 2.43. The van der Waals surface area contributed by atoms with Gasteiger partial charge in [0, 0.05) is 0 Å². The second kappa shape index (κ2) is 1.58. The molecule has 0 aromatic rings. The summed E-state index contributed by atoms with van der Waals surface area (Å²) in [5, 5.41) is 0. The summed E-state index contributed by atoms with van der Waals surface area (Å²) in [6, 6.07) is 0. The lowest BCUT2D eigenvalue weighted by molar-refractivity contribution is 0.379. The largest absolute Gasteiger partial charge is 0.368 e. The van der Waals surface area contributed by atoms with Gasteiger partial charge in [-0.2, -0.15) is 0 Å². The third-order valence-corrected chi connectivity index (χ3v) is 2.45. The molecule has 8 heavy (non-hydrogen) atoms. The number of ether oxygens (including phenoxy) is 1. The molecule has 0 bridgehead atoms. The van der Waals surface area contributed by atoms with Gasteiger partial charge < -0.3 is 4.74 Å². The zero-order valence-electron chi connectivity index (χ0n) is 4.38. The van der Waals surface area contributed by atoms with Crippen LogP contribution in [-0.4, -0.2) is 17.0 Å². The minimum absolute atomic E-state index is 0.487. The highest BCUT2D eigenvalue weighted by atomic mass is 79.9. The molecule has 0 aromatic heterocycles. The van der Waals surface area contributed by atoms with E-state index in [0.29, 0.717) is 17.0 Å². The Balaban J connectivity index is 2.13. The van der Waals surface area contributed by atoms with Crippen molar-refractivity contribution < 1.29 is 4.74 Å². The highest BCUT2D eigenvalue weighted by molar-refractivity contribution is 9.09. The van der Waals surface area contributed by atoms with Crippen molar-refractivity contribution in [1.29, 1.82) is 0 Å². The molecule has 2 rings (SSSR count). The Labute approximate surface area is 56.8 Å². The highest BCUT2D eigenvalue weighted by Crippen LogP contribution is 2.36. The van der Waals surface area contributed by atoms with Crippen LogP contribution in [0.25, 0.3) is 0 Å². The summed E-state index contributed by atoms with van der Waals surface area (Å²) in [6.07, 6.45) is 6.50. The Morgan fingerprint density at radius 2 is 2.50 bits per heavy atom. The van der Waals surface area contributed by atoms with E-state index in [9.17, 15) is 0 Å². The van der Waals surface area contributed by atoms with Gasteiger partial charge in [0.25, 0.3) is 0 Å². The standard InChI is InChI=1S/C6H7BrO/c7-4-2-1-3-5-6(4)8-5/h1-2,4-6H,3H2. The summed E-state index contributed by atoms with van der Waals surface area (Å²) >= 11 is 3.48.